The van der Waals surface area contributed by atoms with Crippen LogP contribution in [0.4, 0.5) is 0 Å². The summed E-state index contributed by atoms with van der Waals surface area (Å²) in [6, 6.07) is 0. The summed E-state index contributed by atoms with van der Waals surface area (Å²) >= 11 is 0. The van der Waals surface area contributed by atoms with Gasteiger partial charge in [0.05, 0.1) is 6.10 Å². The van der Waals surface area contributed by atoms with Crippen LogP contribution in [0.2, 0.25) is 0 Å². The second-order valence-electron chi connectivity index (χ2n) is 20.9. The zero-order chi connectivity index (χ0) is 53.2. The number of nitrogens with zero attached hydrogens (tertiary/aromatic N) is 1. The predicted octanol–water partition coefficient (Wildman–Crippen LogP) is 16.6. The fraction of sp³-hybridized carbons (Fsp3) is 0.984. The molecule has 1 atom stereocenters. The van der Waals surface area contributed by atoms with Gasteiger partial charge in [0, 0.05) is 86.0 Å². The molecule has 0 aromatic rings. The minimum atomic E-state index is -0.148. The van der Waals surface area contributed by atoms with Gasteiger partial charge < -0.3 is 43.5 Å². The molecule has 0 aliphatic rings. The molecule has 0 bridgehead atoms. The predicted molar refractivity (Wildman–Crippen MR) is 309 cm³/mol. The number of carbonyl (C=O) groups is 1. The third-order valence-electron chi connectivity index (χ3n) is 13.2. The lowest BCUT2D eigenvalue weighted by molar-refractivity contribution is -0.147. The number of methoxy groups -OCH3 is 1. The zero-order valence-corrected chi connectivity index (χ0v) is 49.5. The Morgan fingerprint density at radius 1 is 0.375 bits per heavy atom. The standard InChI is InChI=1S/C28H57NO5.2C17H36O2/c1-5-6-7-8-12-15-22-32-23-16-13-10-9-11-14-17-24-33-25-20-27(31-4)26-34-28(30)19-18-21-29(2)3;2*1-2-3-4-5-10-13-16-19-17-14-11-8-6-7-9-12-15-18/h27H,5-26H2,1-4H3;2*18H,2-17H2,1H3. The molecule has 72 heavy (non-hydrogen) atoms. The van der Waals surface area contributed by atoms with Crippen molar-refractivity contribution in [1.82, 2.24) is 4.90 Å². The summed E-state index contributed by atoms with van der Waals surface area (Å²) < 4.78 is 33.5. The Hall–Kier alpha value is -0.850. The Morgan fingerprint density at radius 3 is 0.903 bits per heavy atom. The normalized spacial score (nSPS) is 11.7. The van der Waals surface area contributed by atoms with E-state index < -0.39 is 0 Å². The Bertz CT molecular complexity index is 863. The van der Waals surface area contributed by atoms with Gasteiger partial charge in [-0.05, 0) is 84.8 Å². The van der Waals surface area contributed by atoms with E-state index >= 15 is 0 Å². The minimum Gasteiger partial charge on any atom is -0.463 e. The van der Waals surface area contributed by atoms with Crippen molar-refractivity contribution in [2.75, 3.05) is 100 Å². The second-order valence-corrected chi connectivity index (χ2v) is 20.9. The highest BCUT2D eigenvalue weighted by atomic mass is 16.6. The van der Waals surface area contributed by atoms with E-state index in [1.54, 1.807) is 7.11 Å². The lowest BCUT2D eigenvalue weighted by atomic mass is 10.1. The van der Waals surface area contributed by atoms with Crippen molar-refractivity contribution in [3.63, 3.8) is 0 Å². The van der Waals surface area contributed by atoms with Crippen LogP contribution in [0.3, 0.4) is 0 Å². The molecule has 0 fully saturated rings. The van der Waals surface area contributed by atoms with Crippen LogP contribution >= 0.6 is 0 Å². The van der Waals surface area contributed by atoms with Crippen LogP contribution in [0.1, 0.15) is 290 Å². The number of rotatable bonds is 59. The number of unbranched alkanes of at least 4 members (excludes halogenated alkanes) is 33. The summed E-state index contributed by atoms with van der Waals surface area (Å²) in [4.78, 5) is 13.8. The summed E-state index contributed by atoms with van der Waals surface area (Å²) in [5.41, 5.74) is 0. The summed E-state index contributed by atoms with van der Waals surface area (Å²) in [5.74, 6) is -0.148. The number of carbonyl (C=O) groups excluding carboxylic acids is 1. The fourth-order valence-corrected chi connectivity index (χ4v) is 8.34. The highest BCUT2D eigenvalue weighted by Crippen LogP contribution is 2.12. The molecular formula is C62H129NO9. The van der Waals surface area contributed by atoms with E-state index in [1.807, 2.05) is 14.1 Å². The number of esters is 1. The number of ether oxygens (including phenoxy) is 6. The van der Waals surface area contributed by atoms with Crippen LogP contribution in [-0.4, -0.2) is 128 Å². The molecule has 0 aliphatic heterocycles. The van der Waals surface area contributed by atoms with E-state index in [2.05, 4.69) is 25.7 Å². The van der Waals surface area contributed by atoms with Crippen LogP contribution in [0.15, 0.2) is 0 Å². The molecular weight excluding hydrogens is 903 g/mol. The average molecular weight is 1030 g/mol. The lowest BCUT2D eigenvalue weighted by Crippen LogP contribution is -2.23. The smallest absolute Gasteiger partial charge is 0.305 e. The maximum atomic E-state index is 11.8. The highest BCUT2D eigenvalue weighted by Gasteiger charge is 2.11. The molecule has 10 nitrogen and oxygen atoms in total. The largest absolute Gasteiger partial charge is 0.463 e. The molecule has 2 N–H and O–H groups in total. The van der Waals surface area contributed by atoms with Gasteiger partial charge in [-0.1, -0.05) is 213 Å². The molecule has 0 rings (SSSR count). The van der Waals surface area contributed by atoms with E-state index in [0.29, 0.717) is 32.8 Å². The molecule has 0 aromatic carbocycles. The quantitative estimate of drug-likeness (QED) is 0.0451. The summed E-state index contributed by atoms with van der Waals surface area (Å²) in [6.45, 7) is 15.8. The highest BCUT2D eigenvalue weighted by molar-refractivity contribution is 5.69. The first kappa shape index (κ1) is 75.4. The van der Waals surface area contributed by atoms with E-state index in [-0.39, 0.29) is 12.1 Å². The third kappa shape index (κ3) is 75.7. The fourth-order valence-electron chi connectivity index (χ4n) is 8.34. The van der Waals surface area contributed by atoms with Gasteiger partial charge >= 0.3 is 5.97 Å². The first-order valence-electron chi connectivity index (χ1n) is 31.3. The lowest BCUT2D eigenvalue weighted by Gasteiger charge is -2.16. The molecule has 0 aromatic heterocycles. The molecule has 0 saturated heterocycles. The maximum absolute atomic E-state index is 11.8. The summed E-state index contributed by atoms with van der Waals surface area (Å²) in [6.07, 6.45) is 52.0. The Kier molecular flexibility index (Phi) is 75.6. The Labute approximate surface area is 449 Å². The van der Waals surface area contributed by atoms with Gasteiger partial charge in [0.15, 0.2) is 0 Å². The molecule has 0 amide bonds. The summed E-state index contributed by atoms with van der Waals surface area (Å²) in [7, 11) is 5.66. The zero-order valence-electron chi connectivity index (χ0n) is 49.5. The van der Waals surface area contributed by atoms with E-state index in [9.17, 15) is 4.79 Å². The van der Waals surface area contributed by atoms with Crippen molar-refractivity contribution in [2.24, 2.45) is 0 Å². The minimum absolute atomic E-state index is 0.0902. The van der Waals surface area contributed by atoms with Gasteiger partial charge in [0.2, 0.25) is 0 Å². The van der Waals surface area contributed by atoms with Crippen LogP contribution in [0.5, 0.6) is 0 Å². The number of hydrogen-bond donors (Lipinski definition) is 2. The average Bonchev–Trinajstić information content (AvgIpc) is 3.38. The van der Waals surface area contributed by atoms with Crippen molar-refractivity contribution in [3.05, 3.63) is 0 Å². The van der Waals surface area contributed by atoms with Gasteiger partial charge in [-0.2, -0.15) is 0 Å². The monoisotopic (exact) mass is 1030 g/mol. The number of aliphatic hydroxyl groups excluding tert-OH is 2. The van der Waals surface area contributed by atoms with Crippen molar-refractivity contribution in [1.29, 1.82) is 0 Å². The van der Waals surface area contributed by atoms with Crippen molar-refractivity contribution < 1.29 is 43.4 Å². The number of aliphatic hydroxyl groups is 2. The molecule has 0 radical (unpaired) electrons. The SMILES string of the molecule is CCCCCCCCOCCCCCCCCCO.CCCCCCCCOCCCCCCCCCO.CCCCCCCCOCCCCCCCCCOCCC(COC(=O)CCCN(C)C)OC. The molecule has 0 saturated carbocycles. The molecule has 0 aliphatic carbocycles. The molecule has 1 unspecified atom stereocenters. The first-order valence-corrected chi connectivity index (χ1v) is 31.3. The van der Waals surface area contributed by atoms with Crippen LogP contribution in [-0.2, 0) is 33.2 Å². The van der Waals surface area contributed by atoms with Crippen LogP contribution in [0, 0.1) is 0 Å². The molecule has 436 valence electrons. The van der Waals surface area contributed by atoms with Crippen molar-refractivity contribution >= 4 is 5.97 Å². The van der Waals surface area contributed by atoms with Gasteiger partial charge in [-0.15, -0.1) is 0 Å². The van der Waals surface area contributed by atoms with Gasteiger partial charge in [-0.3, -0.25) is 4.79 Å². The van der Waals surface area contributed by atoms with Gasteiger partial charge in [0.1, 0.15) is 6.61 Å². The van der Waals surface area contributed by atoms with E-state index in [1.165, 1.54) is 231 Å². The Balaban J connectivity index is -0.00000107. The number of hydrogen-bond acceptors (Lipinski definition) is 10. The first-order chi connectivity index (χ1) is 35.4. The van der Waals surface area contributed by atoms with Crippen molar-refractivity contribution in [3.8, 4) is 0 Å². The summed E-state index contributed by atoms with van der Waals surface area (Å²) in [5, 5.41) is 17.3. The van der Waals surface area contributed by atoms with Gasteiger partial charge in [-0.25, -0.2) is 0 Å². The third-order valence-corrected chi connectivity index (χ3v) is 13.2. The van der Waals surface area contributed by atoms with E-state index in [4.69, 9.17) is 38.6 Å². The van der Waals surface area contributed by atoms with Crippen molar-refractivity contribution in [2.45, 2.75) is 297 Å². The van der Waals surface area contributed by atoms with Crippen LogP contribution < -0.4 is 0 Å². The molecule has 0 spiro atoms. The van der Waals surface area contributed by atoms with E-state index in [0.717, 1.165) is 84.9 Å². The van der Waals surface area contributed by atoms with Crippen LogP contribution in [0.25, 0.3) is 0 Å². The molecule has 10 heteroatoms. The van der Waals surface area contributed by atoms with Gasteiger partial charge in [0.25, 0.3) is 0 Å². The topological polar surface area (TPSA) is 116 Å². The Morgan fingerprint density at radius 2 is 0.639 bits per heavy atom. The maximum Gasteiger partial charge on any atom is 0.305 e. The molecule has 0 heterocycles. The second kappa shape index (κ2) is 72.2.